The molecule has 0 aromatic heterocycles. The van der Waals surface area contributed by atoms with Crippen LogP contribution in [0.15, 0.2) is 24.3 Å². The molecule has 0 aliphatic heterocycles. The second kappa shape index (κ2) is 5.53. The van der Waals surface area contributed by atoms with E-state index in [1.165, 1.54) is 12.5 Å². The van der Waals surface area contributed by atoms with Gasteiger partial charge < -0.3 is 10.0 Å². The molecule has 1 rings (SSSR count). The Labute approximate surface area is 109 Å². The van der Waals surface area contributed by atoms with Crippen molar-refractivity contribution in [2.75, 3.05) is 13.7 Å². The summed E-state index contributed by atoms with van der Waals surface area (Å²) in [6, 6.07) is 7.83. The first-order chi connectivity index (χ1) is 8.27. The van der Waals surface area contributed by atoms with Crippen LogP contribution in [-0.4, -0.2) is 29.6 Å². The van der Waals surface area contributed by atoms with E-state index in [-0.39, 0.29) is 24.0 Å². The first-order valence-electron chi connectivity index (χ1n) is 6.22. The highest BCUT2D eigenvalue weighted by Gasteiger charge is 2.19. The van der Waals surface area contributed by atoms with Crippen molar-refractivity contribution in [3.8, 4) is 0 Å². The standard InChI is InChI=1S/C15H23NO2/c1-11(18)16(5)14(10-17)12-6-8-13(9-7-12)15(2,3)4/h6-9,14,17H,10H2,1-5H3. The highest BCUT2D eigenvalue weighted by molar-refractivity contribution is 5.73. The van der Waals surface area contributed by atoms with Crippen LogP contribution >= 0.6 is 0 Å². The third kappa shape index (κ3) is 3.33. The largest absolute Gasteiger partial charge is 0.394 e. The van der Waals surface area contributed by atoms with Crippen molar-refractivity contribution in [2.45, 2.75) is 39.2 Å². The predicted octanol–water partition coefficient (Wildman–Crippen LogP) is 2.50. The Morgan fingerprint density at radius 1 is 1.28 bits per heavy atom. The van der Waals surface area contributed by atoms with Gasteiger partial charge in [0, 0.05) is 14.0 Å². The topological polar surface area (TPSA) is 40.5 Å². The quantitative estimate of drug-likeness (QED) is 0.894. The number of likely N-dealkylation sites (N-methyl/N-ethyl adjacent to an activating group) is 1. The van der Waals surface area contributed by atoms with E-state index in [4.69, 9.17) is 0 Å². The zero-order chi connectivity index (χ0) is 13.9. The Hall–Kier alpha value is -1.35. The van der Waals surface area contributed by atoms with Crippen molar-refractivity contribution >= 4 is 5.91 Å². The van der Waals surface area contributed by atoms with Gasteiger partial charge in [-0.2, -0.15) is 0 Å². The van der Waals surface area contributed by atoms with Crippen molar-refractivity contribution < 1.29 is 9.90 Å². The van der Waals surface area contributed by atoms with Crippen LogP contribution < -0.4 is 0 Å². The predicted molar refractivity (Wildman–Crippen MR) is 73.4 cm³/mol. The SMILES string of the molecule is CC(=O)N(C)C(CO)c1ccc(C(C)(C)C)cc1. The molecule has 1 unspecified atom stereocenters. The normalized spacial score (nSPS) is 13.2. The average Bonchev–Trinajstić information content (AvgIpc) is 2.29. The van der Waals surface area contributed by atoms with E-state index in [1.54, 1.807) is 11.9 Å². The summed E-state index contributed by atoms with van der Waals surface area (Å²) in [7, 11) is 1.71. The fourth-order valence-corrected chi connectivity index (χ4v) is 1.88. The maximum atomic E-state index is 11.4. The summed E-state index contributed by atoms with van der Waals surface area (Å²) < 4.78 is 0. The van der Waals surface area contributed by atoms with Crippen LogP contribution in [0, 0.1) is 0 Å². The van der Waals surface area contributed by atoms with Crippen molar-refractivity contribution in [3.05, 3.63) is 35.4 Å². The Kier molecular flexibility index (Phi) is 4.52. The van der Waals surface area contributed by atoms with Crippen LogP contribution in [0.3, 0.4) is 0 Å². The number of carbonyl (C=O) groups excluding carboxylic acids is 1. The van der Waals surface area contributed by atoms with E-state index < -0.39 is 0 Å². The summed E-state index contributed by atoms with van der Waals surface area (Å²) in [4.78, 5) is 12.9. The summed E-state index contributed by atoms with van der Waals surface area (Å²) >= 11 is 0. The van der Waals surface area contributed by atoms with Gasteiger partial charge in [0.05, 0.1) is 12.6 Å². The second-order valence-corrected chi connectivity index (χ2v) is 5.70. The minimum atomic E-state index is -0.267. The first kappa shape index (κ1) is 14.7. The van der Waals surface area contributed by atoms with Crippen molar-refractivity contribution in [1.82, 2.24) is 4.90 Å². The Morgan fingerprint density at radius 2 is 1.78 bits per heavy atom. The lowest BCUT2D eigenvalue weighted by atomic mass is 9.86. The van der Waals surface area contributed by atoms with Crippen LogP contribution in [0.2, 0.25) is 0 Å². The summed E-state index contributed by atoms with van der Waals surface area (Å²) in [6.45, 7) is 7.92. The molecule has 1 atom stereocenters. The van der Waals surface area contributed by atoms with E-state index in [1.807, 2.05) is 12.1 Å². The van der Waals surface area contributed by atoms with Crippen molar-refractivity contribution in [2.24, 2.45) is 0 Å². The fraction of sp³-hybridized carbons (Fsp3) is 0.533. The van der Waals surface area contributed by atoms with Gasteiger partial charge in [-0.1, -0.05) is 45.0 Å². The Bertz CT molecular complexity index is 403. The number of aliphatic hydroxyl groups excluding tert-OH is 1. The molecule has 1 N–H and O–H groups in total. The third-order valence-electron chi connectivity index (χ3n) is 3.30. The number of rotatable bonds is 3. The van der Waals surface area contributed by atoms with Gasteiger partial charge in [0.1, 0.15) is 0 Å². The molecule has 100 valence electrons. The molecular weight excluding hydrogens is 226 g/mol. The van der Waals surface area contributed by atoms with Gasteiger partial charge in [-0.3, -0.25) is 4.79 Å². The molecule has 0 saturated heterocycles. The molecule has 0 fully saturated rings. The summed E-state index contributed by atoms with van der Waals surface area (Å²) in [5.74, 6) is -0.0473. The molecule has 0 radical (unpaired) electrons. The highest BCUT2D eigenvalue weighted by Crippen LogP contribution is 2.25. The number of benzene rings is 1. The number of carbonyl (C=O) groups is 1. The van der Waals surface area contributed by atoms with Crippen LogP contribution in [-0.2, 0) is 10.2 Å². The molecular formula is C15H23NO2. The molecule has 0 aliphatic rings. The summed E-state index contributed by atoms with van der Waals surface area (Å²) in [6.07, 6.45) is 0. The van der Waals surface area contributed by atoms with E-state index in [0.29, 0.717) is 0 Å². The zero-order valence-corrected chi connectivity index (χ0v) is 11.9. The lowest BCUT2D eigenvalue weighted by Crippen LogP contribution is -2.31. The Balaban J connectivity index is 2.99. The van der Waals surface area contributed by atoms with Crippen LogP contribution in [0.4, 0.5) is 0 Å². The van der Waals surface area contributed by atoms with E-state index >= 15 is 0 Å². The van der Waals surface area contributed by atoms with Gasteiger partial charge in [0.2, 0.25) is 5.91 Å². The minimum absolute atomic E-state index is 0.0473. The first-order valence-corrected chi connectivity index (χ1v) is 6.22. The number of hydrogen-bond donors (Lipinski definition) is 1. The molecule has 1 amide bonds. The molecule has 1 aromatic carbocycles. The molecule has 3 nitrogen and oxygen atoms in total. The van der Waals surface area contributed by atoms with Gasteiger partial charge >= 0.3 is 0 Å². The smallest absolute Gasteiger partial charge is 0.219 e. The third-order valence-corrected chi connectivity index (χ3v) is 3.30. The lowest BCUT2D eigenvalue weighted by molar-refractivity contribution is -0.130. The van der Waals surface area contributed by atoms with Gasteiger partial charge in [-0.25, -0.2) is 0 Å². The number of hydrogen-bond acceptors (Lipinski definition) is 2. The van der Waals surface area contributed by atoms with Crippen molar-refractivity contribution in [1.29, 1.82) is 0 Å². The van der Waals surface area contributed by atoms with E-state index in [9.17, 15) is 9.90 Å². The highest BCUT2D eigenvalue weighted by atomic mass is 16.3. The average molecular weight is 249 g/mol. The minimum Gasteiger partial charge on any atom is -0.394 e. The number of nitrogens with zero attached hydrogens (tertiary/aromatic N) is 1. The van der Waals surface area contributed by atoms with Gasteiger partial charge in [-0.15, -0.1) is 0 Å². The Morgan fingerprint density at radius 3 is 2.11 bits per heavy atom. The molecule has 0 saturated carbocycles. The molecule has 18 heavy (non-hydrogen) atoms. The van der Waals surface area contributed by atoms with Gasteiger partial charge in [-0.05, 0) is 16.5 Å². The van der Waals surface area contributed by atoms with Gasteiger partial charge in [0.25, 0.3) is 0 Å². The number of amides is 1. The van der Waals surface area contributed by atoms with Crippen LogP contribution in [0.25, 0.3) is 0 Å². The molecule has 1 aromatic rings. The molecule has 0 bridgehead atoms. The van der Waals surface area contributed by atoms with E-state index in [2.05, 4.69) is 32.9 Å². The fourth-order valence-electron chi connectivity index (χ4n) is 1.88. The van der Waals surface area contributed by atoms with Crippen molar-refractivity contribution in [3.63, 3.8) is 0 Å². The maximum Gasteiger partial charge on any atom is 0.219 e. The number of aliphatic hydroxyl groups is 1. The summed E-state index contributed by atoms with van der Waals surface area (Å²) in [5, 5.41) is 9.43. The van der Waals surface area contributed by atoms with Crippen LogP contribution in [0.5, 0.6) is 0 Å². The van der Waals surface area contributed by atoms with Crippen LogP contribution in [0.1, 0.15) is 44.9 Å². The van der Waals surface area contributed by atoms with Gasteiger partial charge in [0.15, 0.2) is 0 Å². The second-order valence-electron chi connectivity index (χ2n) is 5.70. The lowest BCUT2D eigenvalue weighted by Gasteiger charge is -2.27. The zero-order valence-electron chi connectivity index (χ0n) is 11.9. The summed E-state index contributed by atoms with van der Waals surface area (Å²) in [5.41, 5.74) is 2.32. The molecule has 0 spiro atoms. The monoisotopic (exact) mass is 249 g/mol. The van der Waals surface area contributed by atoms with E-state index in [0.717, 1.165) is 5.56 Å². The molecule has 0 heterocycles. The maximum absolute atomic E-state index is 11.4. The molecule has 3 heteroatoms. The molecule has 0 aliphatic carbocycles.